The van der Waals surface area contributed by atoms with E-state index in [1.54, 1.807) is 61.5 Å². The molecule has 0 saturated carbocycles. The monoisotopic (exact) mass is 360 g/mol. The van der Waals surface area contributed by atoms with Crippen LogP contribution in [0.4, 0.5) is 0 Å². The molecule has 130 valence electrons. The smallest absolute Gasteiger partial charge is 0.313 e. The molecule has 25 heavy (non-hydrogen) atoms. The Morgan fingerprint density at radius 3 is 2.48 bits per heavy atom. The molecule has 1 aliphatic heterocycles. The second-order valence-corrected chi connectivity index (χ2v) is 7.11. The Bertz CT molecular complexity index is 988. The molecule has 0 spiro atoms. The number of ketones is 1. The van der Waals surface area contributed by atoms with E-state index in [2.05, 4.69) is 0 Å². The SMILES string of the molecule is [2H][C@@]1(c2ccccc2C)OC(N)=C(OS(=O)(=O)Cc2ccccc2)C1=O. The first kappa shape index (κ1) is 15.7. The van der Waals surface area contributed by atoms with Gasteiger partial charge in [0.1, 0.15) is 5.75 Å². The molecule has 2 aromatic rings. The van der Waals surface area contributed by atoms with Crippen molar-refractivity contribution < 1.29 is 23.5 Å². The van der Waals surface area contributed by atoms with Gasteiger partial charge in [0, 0.05) is 5.56 Å². The topological polar surface area (TPSA) is 95.7 Å². The second kappa shape index (κ2) is 6.60. The van der Waals surface area contributed by atoms with Crippen LogP contribution in [-0.2, 0) is 29.6 Å². The highest BCUT2D eigenvalue weighted by molar-refractivity contribution is 7.86. The van der Waals surface area contributed by atoms with Gasteiger partial charge < -0.3 is 14.7 Å². The van der Waals surface area contributed by atoms with E-state index in [9.17, 15) is 13.2 Å². The van der Waals surface area contributed by atoms with Crippen molar-refractivity contribution in [2.45, 2.75) is 18.8 Å². The molecule has 1 heterocycles. The fraction of sp³-hybridized carbons (Fsp3) is 0.167. The van der Waals surface area contributed by atoms with E-state index >= 15 is 0 Å². The van der Waals surface area contributed by atoms with Gasteiger partial charge in [-0.25, -0.2) is 0 Å². The Morgan fingerprint density at radius 2 is 1.80 bits per heavy atom. The average molecular weight is 360 g/mol. The van der Waals surface area contributed by atoms with Gasteiger partial charge in [0.2, 0.25) is 17.4 Å². The molecule has 1 atom stereocenters. The number of nitrogens with two attached hydrogens (primary N) is 1. The van der Waals surface area contributed by atoms with Crippen molar-refractivity contribution in [1.29, 1.82) is 0 Å². The average Bonchev–Trinajstić information content (AvgIpc) is 2.79. The van der Waals surface area contributed by atoms with Crippen molar-refractivity contribution in [2.24, 2.45) is 5.73 Å². The molecular formula is C18H17NO5S. The Morgan fingerprint density at radius 1 is 1.16 bits per heavy atom. The lowest BCUT2D eigenvalue weighted by molar-refractivity contribution is -0.123. The third-order valence-corrected chi connectivity index (χ3v) is 4.74. The summed E-state index contributed by atoms with van der Waals surface area (Å²) >= 11 is 0. The van der Waals surface area contributed by atoms with E-state index in [4.69, 9.17) is 16.0 Å². The molecule has 0 unspecified atom stereocenters. The first-order valence-corrected chi connectivity index (χ1v) is 9.06. The molecule has 0 fully saturated rings. The van der Waals surface area contributed by atoms with Gasteiger partial charge in [0.25, 0.3) is 0 Å². The van der Waals surface area contributed by atoms with Gasteiger partial charge in [-0.05, 0) is 18.1 Å². The molecule has 0 amide bonds. The molecule has 2 N–H and O–H groups in total. The van der Waals surface area contributed by atoms with Gasteiger partial charge in [-0.1, -0.05) is 54.6 Å². The summed E-state index contributed by atoms with van der Waals surface area (Å²) in [5.74, 6) is -2.59. The van der Waals surface area contributed by atoms with Crippen molar-refractivity contribution in [2.75, 3.05) is 0 Å². The second-order valence-electron chi connectivity index (χ2n) is 5.54. The maximum absolute atomic E-state index is 12.7. The minimum atomic E-state index is -4.15. The molecule has 0 radical (unpaired) electrons. The van der Waals surface area contributed by atoms with E-state index < -0.39 is 39.4 Å². The number of carbonyl (C=O) groups excluding carboxylic acids is 1. The van der Waals surface area contributed by atoms with Crippen LogP contribution in [0, 0.1) is 6.92 Å². The molecule has 0 saturated heterocycles. The summed E-state index contributed by atoms with van der Waals surface area (Å²) < 4.78 is 43.1. The number of Topliss-reactive ketones (excluding diaryl/α,β-unsaturated/α-hetero) is 1. The van der Waals surface area contributed by atoms with E-state index in [-0.39, 0.29) is 5.56 Å². The highest BCUT2D eigenvalue weighted by Crippen LogP contribution is 2.34. The quantitative estimate of drug-likeness (QED) is 0.822. The maximum atomic E-state index is 12.7. The minimum absolute atomic E-state index is 0.270. The Hall–Kier alpha value is -2.80. The normalized spacial score (nSPS) is 21.0. The van der Waals surface area contributed by atoms with Crippen LogP contribution in [-0.4, -0.2) is 14.2 Å². The first-order chi connectivity index (χ1) is 12.2. The number of carbonyl (C=O) groups is 1. The molecule has 0 bridgehead atoms. The third-order valence-electron chi connectivity index (χ3n) is 3.63. The Labute approximate surface area is 147 Å². The summed E-state index contributed by atoms with van der Waals surface area (Å²) in [7, 11) is -4.15. The maximum Gasteiger partial charge on any atom is 0.313 e. The van der Waals surface area contributed by atoms with Crippen LogP contribution in [0.2, 0.25) is 0 Å². The fourth-order valence-electron chi connectivity index (χ4n) is 2.44. The zero-order chi connectivity index (χ0) is 18.9. The lowest BCUT2D eigenvalue weighted by Gasteiger charge is -2.12. The van der Waals surface area contributed by atoms with Crippen molar-refractivity contribution >= 4 is 15.9 Å². The van der Waals surface area contributed by atoms with Gasteiger partial charge in [0.05, 0.1) is 1.37 Å². The van der Waals surface area contributed by atoms with Gasteiger partial charge in [-0.2, -0.15) is 8.42 Å². The van der Waals surface area contributed by atoms with Crippen LogP contribution in [0.5, 0.6) is 0 Å². The number of aryl methyl sites for hydroxylation is 1. The molecule has 2 aromatic carbocycles. The standard InChI is InChI=1S/C18H17NO5S/c1-12-7-5-6-10-14(12)16-15(20)17(18(19)23-16)24-25(21,22)11-13-8-3-2-4-9-13/h2-10,16H,11,19H2,1H3/t16-/m0/s1/i16D. The van der Waals surface area contributed by atoms with Crippen molar-refractivity contribution in [3.05, 3.63) is 82.9 Å². The lowest BCUT2D eigenvalue weighted by Crippen LogP contribution is -2.16. The van der Waals surface area contributed by atoms with Crippen LogP contribution in [0.25, 0.3) is 0 Å². The molecule has 7 heteroatoms. The number of rotatable bonds is 5. The van der Waals surface area contributed by atoms with E-state index in [1.165, 1.54) is 0 Å². The van der Waals surface area contributed by atoms with Gasteiger partial charge in [-0.3, -0.25) is 4.79 Å². The fourth-order valence-corrected chi connectivity index (χ4v) is 3.51. The molecule has 3 rings (SSSR count). The predicted molar refractivity (Wildman–Crippen MR) is 91.4 cm³/mol. The Balaban J connectivity index is 1.86. The Kier molecular flexibility index (Phi) is 4.15. The van der Waals surface area contributed by atoms with E-state index in [0.29, 0.717) is 11.1 Å². The van der Waals surface area contributed by atoms with Gasteiger partial charge >= 0.3 is 10.1 Å². The van der Waals surface area contributed by atoms with Crippen molar-refractivity contribution in [1.82, 2.24) is 0 Å². The van der Waals surface area contributed by atoms with Crippen LogP contribution in [0.15, 0.2) is 66.2 Å². The summed E-state index contributed by atoms with van der Waals surface area (Å²) in [6.07, 6.45) is -2.17. The molecule has 6 nitrogen and oxygen atoms in total. The zero-order valence-electron chi connectivity index (χ0n) is 14.4. The van der Waals surface area contributed by atoms with Gasteiger partial charge in [0.15, 0.2) is 6.08 Å². The number of ether oxygens (including phenoxy) is 1. The van der Waals surface area contributed by atoms with E-state index in [1.807, 2.05) is 0 Å². The van der Waals surface area contributed by atoms with Crippen molar-refractivity contribution in [3.8, 4) is 0 Å². The number of hydrogen-bond donors (Lipinski definition) is 1. The third kappa shape index (κ3) is 3.66. The van der Waals surface area contributed by atoms with Crippen LogP contribution >= 0.6 is 0 Å². The number of benzene rings is 2. The molecule has 0 aliphatic carbocycles. The molecular weight excluding hydrogens is 342 g/mol. The summed E-state index contributed by atoms with van der Waals surface area (Å²) in [5.41, 5.74) is 7.06. The predicted octanol–water partition coefficient (Wildman–Crippen LogP) is 2.31. The lowest BCUT2D eigenvalue weighted by atomic mass is 10.0. The highest BCUT2D eigenvalue weighted by Gasteiger charge is 2.40. The summed E-state index contributed by atoms with van der Waals surface area (Å²) in [6.45, 7) is 1.71. The van der Waals surface area contributed by atoms with Crippen LogP contribution < -0.4 is 5.73 Å². The summed E-state index contributed by atoms with van der Waals surface area (Å²) in [5, 5.41) is 0. The van der Waals surface area contributed by atoms with Crippen molar-refractivity contribution in [3.63, 3.8) is 0 Å². The summed E-state index contributed by atoms with van der Waals surface area (Å²) in [4.78, 5) is 12.7. The molecule has 1 aliphatic rings. The highest BCUT2D eigenvalue weighted by atomic mass is 32.2. The molecule has 0 aromatic heterocycles. The minimum Gasteiger partial charge on any atom is -0.460 e. The van der Waals surface area contributed by atoms with Crippen LogP contribution in [0.3, 0.4) is 0 Å². The first-order valence-electron chi connectivity index (χ1n) is 7.99. The largest absolute Gasteiger partial charge is 0.460 e. The van der Waals surface area contributed by atoms with E-state index in [0.717, 1.165) is 0 Å². The summed E-state index contributed by atoms with van der Waals surface area (Å²) in [6, 6.07) is 15.0. The van der Waals surface area contributed by atoms with Gasteiger partial charge in [-0.15, -0.1) is 0 Å². The van der Waals surface area contributed by atoms with Crippen LogP contribution in [0.1, 0.15) is 24.1 Å². The zero-order valence-corrected chi connectivity index (χ0v) is 14.2. The number of hydrogen-bond acceptors (Lipinski definition) is 6.